The minimum Gasteiger partial charge on any atom is -0.496 e. The van der Waals surface area contributed by atoms with Crippen molar-refractivity contribution in [2.24, 2.45) is 0 Å². The highest BCUT2D eigenvalue weighted by Gasteiger charge is 2.26. The lowest BCUT2D eigenvalue weighted by atomic mass is 10.1. The summed E-state index contributed by atoms with van der Waals surface area (Å²) in [4.78, 5) is 15.8. The van der Waals surface area contributed by atoms with Crippen molar-refractivity contribution in [3.8, 4) is 5.75 Å². The maximum Gasteiger partial charge on any atom is 0.255 e. The fraction of sp³-hybridized carbons (Fsp3) is 0.409. The minimum atomic E-state index is -3.78. The van der Waals surface area contributed by atoms with E-state index in [1.807, 2.05) is 29.4 Å². The second-order valence-corrected chi connectivity index (χ2v) is 10.2. The van der Waals surface area contributed by atoms with Gasteiger partial charge in [-0.05, 0) is 49.8 Å². The molecular weight excluding hydrogens is 420 g/mol. The number of likely N-dealkylation sites (tertiary alicyclic amines) is 1. The zero-order valence-corrected chi connectivity index (χ0v) is 19.3. The van der Waals surface area contributed by atoms with Crippen LogP contribution in [0.3, 0.4) is 0 Å². The standard InChI is InChI=1S/C22H28N2O4S2/c1-23(16-17-9-5-6-10-20(17)28-2)30(26,27)18-11-12-21(29-3)19(15-18)22(25)24-13-7-4-8-14-24/h5-6,9-12,15H,4,7-8,13-14,16H2,1-3H3. The van der Waals surface area contributed by atoms with E-state index in [0.29, 0.717) is 11.3 Å². The second-order valence-electron chi connectivity index (χ2n) is 7.29. The van der Waals surface area contributed by atoms with Crippen LogP contribution in [-0.4, -0.2) is 57.0 Å². The number of thioether (sulfide) groups is 1. The molecule has 0 N–H and O–H groups in total. The zero-order valence-electron chi connectivity index (χ0n) is 17.6. The summed E-state index contributed by atoms with van der Waals surface area (Å²) in [5.74, 6) is 0.543. The Morgan fingerprint density at radius 3 is 2.50 bits per heavy atom. The maximum atomic E-state index is 13.2. The van der Waals surface area contributed by atoms with Crippen LogP contribution in [0.5, 0.6) is 5.75 Å². The average Bonchev–Trinajstić information content (AvgIpc) is 2.79. The molecule has 1 heterocycles. The third-order valence-electron chi connectivity index (χ3n) is 5.34. The van der Waals surface area contributed by atoms with Crippen molar-refractivity contribution < 1.29 is 17.9 Å². The summed E-state index contributed by atoms with van der Waals surface area (Å²) in [7, 11) is -0.676. The quantitative estimate of drug-likeness (QED) is 0.602. The molecule has 0 atom stereocenters. The third-order valence-corrected chi connectivity index (χ3v) is 7.93. The Kier molecular flexibility index (Phi) is 7.44. The molecule has 1 aliphatic rings. The molecule has 1 aliphatic heterocycles. The molecular formula is C22H28N2O4S2. The highest BCUT2D eigenvalue weighted by atomic mass is 32.2. The number of nitrogens with zero attached hydrogens (tertiary/aromatic N) is 2. The van der Waals surface area contributed by atoms with Crippen LogP contribution in [0.25, 0.3) is 0 Å². The van der Waals surface area contributed by atoms with E-state index in [2.05, 4.69) is 0 Å². The van der Waals surface area contributed by atoms with Gasteiger partial charge in [-0.2, -0.15) is 4.31 Å². The molecule has 1 fully saturated rings. The van der Waals surface area contributed by atoms with Crippen molar-refractivity contribution >= 4 is 27.7 Å². The van der Waals surface area contributed by atoms with Gasteiger partial charge in [-0.25, -0.2) is 8.42 Å². The van der Waals surface area contributed by atoms with Crippen molar-refractivity contribution in [2.75, 3.05) is 33.5 Å². The van der Waals surface area contributed by atoms with Gasteiger partial charge in [0, 0.05) is 37.1 Å². The first kappa shape index (κ1) is 22.7. The van der Waals surface area contributed by atoms with Crippen molar-refractivity contribution in [1.29, 1.82) is 0 Å². The summed E-state index contributed by atoms with van der Waals surface area (Å²) < 4.78 is 33.1. The van der Waals surface area contributed by atoms with Crippen LogP contribution in [0.2, 0.25) is 0 Å². The van der Waals surface area contributed by atoms with E-state index < -0.39 is 10.0 Å². The first-order valence-corrected chi connectivity index (χ1v) is 12.6. The van der Waals surface area contributed by atoms with E-state index in [0.717, 1.165) is 42.8 Å². The fourth-order valence-corrected chi connectivity index (χ4v) is 5.37. The number of hydrogen-bond acceptors (Lipinski definition) is 5. The molecule has 1 saturated heterocycles. The highest BCUT2D eigenvalue weighted by Crippen LogP contribution is 2.28. The smallest absolute Gasteiger partial charge is 0.255 e. The number of methoxy groups -OCH3 is 1. The first-order valence-electron chi connectivity index (χ1n) is 9.94. The zero-order chi connectivity index (χ0) is 21.7. The number of carbonyl (C=O) groups is 1. The van der Waals surface area contributed by atoms with Gasteiger partial charge in [-0.1, -0.05) is 18.2 Å². The monoisotopic (exact) mass is 448 g/mol. The number of benzene rings is 2. The van der Waals surface area contributed by atoms with Crippen LogP contribution in [0, 0.1) is 0 Å². The molecule has 0 spiro atoms. The number of para-hydroxylation sites is 1. The number of carbonyl (C=O) groups excluding carboxylic acids is 1. The van der Waals surface area contributed by atoms with Gasteiger partial charge in [0.25, 0.3) is 5.91 Å². The van der Waals surface area contributed by atoms with Gasteiger partial charge in [-0.3, -0.25) is 4.79 Å². The lowest BCUT2D eigenvalue weighted by Gasteiger charge is -2.27. The molecule has 0 radical (unpaired) electrons. The predicted octanol–water partition coefficient (Wildman–Crippen LogP) is 3.86. The largest absolute Gasteiger partial charge is 0.496 e. The molecule has 0 aromatic heterocycles. The Bertz CT molecular complexity index is 1000. The number of piperidine rings is 1. The van der Waals surface area contributed by atoms with Crippen molar-refractivity contribution in [2.45, 2.75) is 35.6 Å². The van der Waals surface area contributed by atoms with Crippen molar-refractivity contribution in [1.82, 2.24) is 9.21 Å². The van der Waals surface area contributed by atoms with E-state index >= 15 is 0 Å². The Morgan fingerprint density at radius 2 is 1.83 bits per heavy atom. The van der Waals surface area contributed by atoms with Gasteiger partial charge < -0.3 is 9.64 Å². The molecule has 0 saturated carbocycles. The first-order chi connectivity index (χ1) is 14.4. The van der Waals surface area contributed by atoms with E-state index in [1.165, 1.54) is 29.2 Å². The van der Waals surface area contributed by atoms with Crippen molar-refractivity contribution in [3.05, 3.63) is 53.6 Å². The molecule has 2 aromatic rings. The molecule has 0 unspecified atom stereocenters. The summed E-state index contributed by atoms with van der Waals surface area (Å²) >= 11 is 1.45. The van der Waals surface area contributed by atoms with E-state index in [-0.39, 0.29) is 17.3 Å². The Balaban J connectivity index is 1.90. The van der Waals surface area contributed by atoms with Crippen molar-refractivity contribution in [3.63, 3.8) is 0 Å². The average molecular weight is 449 g/mol. The maximum absolute atomic E-state index is 13.2. The van der Waals surface area contributed by atoms with Crippen LogP contribution >= 0.6 is 11.8 Å². The molecule has 162 valence electrons. The number of sulfonamides is 1. The van der Waals surface area contributed by atoms with Gasteiger partial charge in [0.2, 0.25) is 10.0 Å². The topological polar surface area (TPSA) is 66.9 Å². The summed E-state index contributed by atoms with van der Waals surface area (Å²) in [5.41, 5.74) is 1.23. The SMILES string of the molecule is COc1ccccc1CN(C)S(=O)(=O)c1ccc(SC)c(C(=O)N2CCCCC2)c1. The van der Waals surface area contributed by atoms with Gasteiger partial charge in [-0.15, -0.1) is 11.8 Å². The molecule has 1 amide bonds. The second kappa shape index (κ2) is 9.85. The summed E-state index contributed by atoms with van der Waals surface area (Å²) in [6.45, 7) is 1.61. The molecule has 0 bridgehead atoms. The van der Waals surface area contributed by atoms with Crippen LogP contribution < -0.4 is 4.74 Å². The molecule has 2 aromatic carbocycles. The van der Waals surface area contributed by atoms with Gasteiger partial charge in [0.15, 0.2) is 0 Å². The fourth-order valence-electron chi connectivity index (χ4n) is 3.62. The van der Waals surface area contributed by atoms with E-state index in [4.69, 9.17) is 4.74 Å². The normalized spacial score (nSPS) is 14.7. The van der Waals surface area contributed by atoms with Gasteiger partial charge in [0.1, 0.15) is 5.75 Å². The van der Waals surface area contributed by atoms with Crippen LogP contribution in [0.15, 0.2) is 52.3 Å². The summed E-state index contributed by atoms with van der Waals surface area (Å²) in [6, 6.07) is 12.2. The van der Waals surface area contributed by atoms with Crippen LogP contribution in [0.1, 0.15) is 35.2 Å². The summed E-state index contributed by atoms with van der Waals surface area (Å²) in [6.07, 6.45) is 4.99. The molecule has 3 rings (SSSR count). The Labute approximate surface area is 183 Å². The number of rotatable bonds is 7. The van der Waals surface area contributed by atoms with E-state index in [9.17, 15) is 13.2 Å². The predicted molar refractivity (Wildman–Crippen MR) is 120 cm³/mol. The molecule has 0 aliphatic carbocycles. The number of amides is 1. The van der Waals surface area contributed by atoms with Crippen LogP contribution in [-0.2, 0) is 16.6 Å². The van der Waals surface area contributed by atoms with E-state index in [1.54, 1.807) is 25.3 Å². The van der Waals surface area contributed by atoms with Gasteiger partial charge >= 0.3 is 0 Å². The van der Waals surface area contributed by atoms with Crippen LogP contribution in [0.4, 0.5) is 0 Å². The minimum absolute atomic E-state index is 0.0940. The third kappa shape index (κ3) is 4.82. The Hall–Kier alpha value is -2.03. The number of hydrogen-bond donors (Lipinski definition) is 0. The molecule has 6 nitrogen and oxygen atoms in total. The number of ether oxygens (including phenoxy) is 1. The molecule has 8 heteroatoms. The summed E-state index contributed by atoms with van der Waals surface area (Å²) in [5, 5.41) is 0. The Morgan fingerprint density at radius 1 is 1.13 bits per heavy atom. The highest BCUT2D eigenvalue weighted by molar-refractivity contribution is 7.98. The lowest BCUT2D eigenvalue weighted by Crippen LogP contribution is -2.36. The lowest BCUT2D eigenvalue weighted by molar-refractivity contribution is 0.0720. The molecule has 30 heavy (non-hydrogen) atoms. The van der Waals surface area contributed by atoms with Gasteiger partial charge in [0.05, 0.1) is 17.6 Å².